The zero-order valence-corrected chi connectivity index (χ0v) is 12.4. The summed E-state index contributed by atoms with van der Waals surface area (Å²) in [7, 11) is 0. The van der Waals surface area contributed by atoms with Gasteiger partial charge in [0.25, 0.3) is 0 Å². The van der Waals surface area contributed by atoms with Crippen molar-refractivity contribution in [1.82, 2.24) is 0 Å². The van der Waals surface area contributed by atoms with Crippen molar-refractivity contribution in [3.63, 3.8) is 0 Å². The summed E-state index contributed by atoms with van der Waals surface area (Å²) >= 11 is 8.42. The van der Waals surface area contributed by atoms with Crippen molar-refractivity contribution in [3.8, 4) is 0 Å². The van der Waals surface area contributed by atoms with Crippen molar-refractivity contribution >= 4 is 39.9 Å². The predicted molar refractivity (Wildman–Crippen MR) is 82.6 cm³/mol. The Kier molecular flexibility index (Phi) is 4.29. The van der Waals surface area contributed by atoms with Gasteiger partial charge >= 0.3 is 0 Å². The molecule has 1 atom stereocenters. The monoisotopic (exact) mass is 357 g/mol. The average molecular weight is 358 g/mol. The summed E-state index contributed by atoms with van der Waals surface area (Å²) in [6, 6.07) is 16.5. The summed E-state index contributed by atoms with van der Waals surface area (Å²) in [5.74, 6) is 0. The molecule has 0 aliphatic rings. The van der Waals surface area contributed by atoms with E-state index in [1.807, 2.05) is 24.3 Å². The van der Waals surface area contributed by atoms with Gasteiger partial charge in [0, 0.05) is 9.61 Å². The van der Waals surface area contributed by atoms with Crippen molar-refractivity contribution in [2.75, 3.05) is 5.32 Å². The van der Waals surface area contributed by atoms with Crippen LogP contribution < -0.4 is 5.32 Å². The molecule has 3 heteroatoms. The van der Waals surface area contributed by atoms with Gasteiger partial charge < -0.3 is 5.32 Å². The molecule has 1 N–H and O–H groups in total. The number of para-hydroxylation sites is 1. The van der Waals surface area contributed by atoms with Crippen LogP contribution >= 0.6 is 34.2 Å². The summed E-state index contributed by atoms with van der Waals surface area (Å²) in [6.07, 6.45) is 0. The van der Waals surface area contributed by atoms with E-state index in [0.29, 0.717) is 0 Å². The van der Waals surface area contributed by atoms with Gasteiger partial charge in [-0.15, -0.1) is 0 Å². The lowest BCUT2D eigenvalue weighted by atomic mass is 10.1. The zero-order chi connectivity index (χ0) is 12.3. The third kappa shape index (κ3) is 3.36. The molecule has 1 nitrogen and oxygen atoms in total. The van der Waals surface area contributed by atoms with Crippen LogP contribution in [0.15, 0.2) is 48.5 Å². The Morgan fingerprint density at radius 1 is 1.06 bits per heavy atom. The highest BCUT2D eigenvalue weighted by Crippen LogP contribution is 2.25. The molecular formula is C14H13ClIN. The molecule has 2 aromatic rings. The standard InChI is InChI=1S/C14H13ClIN/c1-10(11-6-8-12(16)9-7-11)17-14-5-3-2-4-13(14)15/h2-10,17H,1H3. The van der Waals surface area contributed by atoms with Gasteiger partial charge in [-0.3, -0.25) is 0 Å². The van der Waals surface area contributed by atoms with Crippen molar-refractivity contribution in [2.24, 2.45) is 0 Å². The van der Waals surface area contributed by atoms with E-state index in [1.165, 1.54) is 9.13 Å². The summed E-state index contributed by atoms with van der Waals surface area (Å²) < 4.78 is 1.25. The molecule has 0 aromatic heterocycles. The first kappa shape index (κ1) is 12.7. The number of hydrogen-bond acceptors (Lipinski definition) is 1. The van der Waals surface area contributed by atoms with Crippen LogP contribution in [0.25, 0.3) is 0 Å². The number of halogens is 2. The quantitative estimate of drug-likeness (QED) is 0.752. The molecule has 1 unspecified atom stereocenters. The maximum absolute atomic E-state index is 6.12. The van der Waals surface area contributed by atoms with E-state index in [0.717, 1.165) is 10.7 Å². The van der Waals surface area contributed by atoms with E-state index in [4.69, 9.17) is 11.6 Å². The number of benzene rings is 2. The van der Waals surface area contributed by atoms with Crippen LogP contribution in [0.5, 0.6) is 0 Å². The first-order chi connectivity index (χ1) is 8.16. The Morgan fingerprint density at radius 2 is 1.71 bits per heavy atom. The Bertz CT molecular complexity index is 496. The highest BCUT2D eigenvalue weighted by Gasteiger charge is 2.06. The molecule has 0 saturated carbocycles. The lowest BCUT2D eigenvalue weighted by molar-refractivity contribution is 0.884. The minimum atomic E-state index is 0.242. The topological polar surface area (TPSA) is 12.0 Å². The Morgan fingerprint density at radius 3 is 2.35 bits per heavy atom. The minimum Gasteiger partial charge on any atom is -0.377 e. The second kappa shape index (κ2) is 5.74. The molecule has 0 heterocycles. The van der Waals surface area contributed by atoms with Gasteiger partial charge in [-0.05, 0) is 59.3 Å². The highest BCUT2D eigenvalue weighted by atomic mass is 127. The van der Waals surface area contributed by atoms with E-state index in [2.05, 4.69) is 59.1 Å². The summed E-state index contributed by atoms with van der Waals surface area (Å²) in [5.41, 5.74) is 2.23. The van der Waals surface area contributed by atoms with Gasteiger partial charge in [-0.1, -0.05) is 35.9 Å². The fourth-order valence-corrected chi connectivity index (χ4v) is 2.20. The Labute approximate surface area is 120 Å². The molecule has 0 spiro atoms. The second-order valence-electron chi connectivity index (χ2n) is 3.90. The molecule has 2 aromatic carbocycles. The van der Waals surface area contributed by atoms with E-state index < -0.39 is 0 Å². The molecule has 0 saturated heterocycles. The molecule has 0 aliphatic heterocycles. The molecule has 0 fully saturated rings. The van der Waals surface area contributed by atoms with Crippen LogP contribution in [0.1, 0.15) is 18.5 Å². The SMILES string of the molecule is CC(Nc1ccccc1Cl)c1ccc(I)cc1. The third-order valence-corrected chi connectivity index (χ3v) is 3.66. The van der Waals surface area contributed by atoms with Crippen molar-refractivity contribution in [2.45, 2.75) is 13.0 Å². The smallest absolute Gasteiger partial charge is 0.0637 e. The Hall–Kier alpha value is -0.740. The van der Waals surface area contributed by atoms with E-state index in [-0.39, 0.29) is 6.04 Å². The molecule has 0 radical (unpaired) electrons. The first-order valence-corrected chi connectivity index (χ1v) is 6.89. The molecule has 0 bridgehead atoms. The number of nitrogens with one attached hydrogen (secondary N) is 1. The van der Waals surface area contributed by atoms with Crippen molar-refractivity contribution in [3.05, 3.63) is 62.7 Å². The number of anilines is 1. The van der Waals surface area contributed by atoms with Gasteiger partial charge in [0.15, 0.2) is 0 Å². The summed E-state index contributed by atoms with van der Waals surface area (Å²) in [4.78, 5) is 0. The van der Waals surface area contributed by atoms with E-state index in [9.17, 15) is 0 Å². The molecular weight excluding hydrogens is 345 g/mol. The Balaban J connectivity index is 2.14. The largest absolute Gasteiger partial charge is 0.377 e. The molecule has 0 amide bonds. The maximum Gasteiger partial charge on any atom is 0.0637 e. The molecule has 0 aliphatic carbocycles. The lowest BCUT2D eigenvalue weighted by Crippen LogP contribution is -2.06. The molecule has 17 heavy (non-hydrogen) atoms. The van der Waals surface area contributed by atoms with Crippen LogP contribution in [0, 0.1) is 3.57 Å². The van der Waals surface area contributed by atoms with Gasteiger partial charge in [0.05, 0.1) is 10.7 Å². The van der Waals surface area contributed by atoms with Crippen LogP contribution in [0.2, 0.25) is 5.02 Å². The second-order valence-corrected chi connectivity index (χ2v) is 5.55. The van der Waals surface area contributed by atoms with Crippen molar-refractivity contribution < 1.29 is 0 Å². The fourth-order valence-electron chi connectivity index (χ4n) is 1.65. The zero-order valence-electron chi connectivity index (χ0n) is 9.45. The fraction of sp³-hybridized carbons (Fsp3) is 0.143. The van der Waals surface area contributed by atoms with Gasteiger partial charge in [0.1, 0.15) is 0 Å². The van der Waals surface area contributed by atoms with Gasteiger partial charge in [-0.25, -0.2) is 0 Å². The molecule has 88 valence electrons. The third-order valence-electron chi connectivity index (χ3n) is 2.62. The normalized spacial score (nSPS) is 12.2. The number of hydrogen-bond donors (Lipinski definition) is 1. The van der Waals surface area contributed by atoms with Gasteiger partial charge in [-0.2, -0.15) is 0 Å². The summed E-state index contributed by atoms with van der Waals surface area (Å²) in [6.45, 7) is 2.13. The van der Waals surface area contributed by atoms with Crippen molar-refractivity contribution in [1.29, 1.82) is 0 Å². The first-order valence-electron chi connectivity index (χ1n) is 5.43. The summed E-state index contributed by atoms with van der Waals surface area (Å²) in [5, 5.41) is 4.17. The lowest BCUT2D eigenvalue weighted by Gasteiger charge is -2.16. The number of rotatable bonds is 3. The average Bonchev–Trinajstić information content (AvgIpc) is 2.33. The van der Waals surface area contributed by atoms with Crippen LogP contribution in [0.3, 0.4) is 0 Å². The van der Waals surface area contributed by atoms with E-state index in [1.54, 1.807) is 0 Å². The highest BCUT2D eigenvalue weighted by molar-refractivity contribution is 14.1. The maximum atomic E-state index is 6.12. The van der Waals surface area contributed by atoms with Crippen LogP contribution in [-0.2, 0) is 0 Å². The van der Waals surface area contributed by atoms with Crippen LogP contribution in [-0.4, -0.2) is 0 Å². The molecule has 2 rings (SSSR count). The van der Waals surface area contributed by atoms with E-state index >= 15 is 0 Å². The van der Waals surface area contributed by atoms with Crippen LogP contribution in [0.4, 0.5) is 5.69 Å². The predicted octanol–water partition coefficient (Wildman–Crippen LogP) is 5.12. The minimum absolute atomic E-state index is 0.242. The van der Waals surface area contributed by atoms with Gasteiger partial charge in [0.2, 0.25) is 0 Å².